The maximum atomic E-state index is 14.1. The van der Waals surface area contributed by atoms with Crippen molar-refractivity contribution in [3.05, 3.63) is 68.7 Å². The van der Waals surface area contributed by atoms with Gasteiger partial charge in [0, 0.05) is 21.2 Å². The Morgan fingerprint density at radius 1 is 1.19 bits per heavy atom. The van der Waals surface area contributed by atoms with Gasteiger partial charge in [-0.3, -0.25) is 9.79 Å². The van der Waals surface area contributed by atoms with Gasteiger partial charge in [0.15, 0.2) is 4.75 Å². The summed E-state index contributed by atoms with van der Waals surface area (Å²) in [6.45, 7) is 1.17. The van der Waals surface area contributed by atoms with E-state index in [4.69, 9.17) is 28.9 Å². The van der Waals surface area contributed by atoms with E-state index in [-0.39, 0.29) is 20.7 Å². The molecule has 1 heterocycles. The average Bonchev–Trinajstić information content (AvgIpc) is 3.00. The monoisotopic (exact) mass is 432 g/mol. The van der Waals surface area contributed by atoms with Crippen molar-refractivity contribution in [3.8, 4) is 0 Å². The summed E-state index contributed by atoms with van der Waals surface area (Å²) in [5.41, 5.74) is 6.59. The first-order valence-electron chi connectivity index (χ1n) is 7.71. The molecule has 1 atom stereocenters. The summed E-state index contributed by atoms with van der Waals surface area (Å²) in [6.07, 6.45) is -4.58. The molecule has 1 aliphatic heterocycles. The molecule has 0 spiro atoms. The fourth-order valence-corrected chi connectivity index (χ4v) is 4.60. The molecule has 2 N–H and O–H groups in total. The van der Waals surface area contributed by atoms with Crippen LogP contribution in [0, 0.1) is 6.92 Å². The minimum Gasteiger partial charge on any atom is -0.366 e. The Morgan fingerprint density at radius 2 is 1.81 bits per heavy atom. The highest BCUT2D eigenvalue weighted by Gasteiger charge is 2.59. The second-order valence-corrected chi connectivity index (χ2v) is 8.26. The standard InChI is InChI=1S/C18H13Cl2F3N2OS/c1-9-4-10(2-3-14(9)15(24)26)16-25-8-17(27-16,18(21,22)23)11-5-12(19)7-13(20)6-11/h2-7H,8H2,1H3,(H2,24,26). The van der Waals surface area contributed by atoms with Crippen molar-refractivity contribution >= 4 is 45.9 Å². The Labute approximate surface area is 167 Å². The number of aryl methyl sites for hydroxylation is 1. The normalized spacial score (nSPS) is 19.9. The van der Waals surface area contributed by atoms with E-state index >= 15 is 0 Å². The number of alkyl halides is 3. The number of nitrogens with two attached hydrogens (primary N) is 1. The minimum atomic E-state index is -4.58. The van der Waals surface area contributed by atoms with Gasteiger partial charge in [0.2, 0.25) is 5.91 Å². The molecule has 0 bridgehead atoms. The first-order valence-corrected chi connectivity index (χ1v) is 9.28. The third-order valence-electron chi connectivity index (χ3n) is 4.24. The highest BCUT2D eigenvalue weighted by Crippen LogP contribution is 2.54. The third kappa shape index (κ3) is 3.68. The lowest BCUT2D eigenvalue weighted by Crippen LogP contribution is -2.40. The largest absolute Gasteiger partial charge is 0.409 e. The van der Waals surface area contributed by atoms with E-state index in [0.29, 0.717) is 28.5 Å². The molecule has 142 valence electrons. The number of nitrogens with zero attached hydrogens (tertiary/aromatic N) is 1. The van der Waals surface area contributed by atoms with Gasteiger partial charge in [-0.2, -0.15) is 13.2 Å². The second-order valence-electron chi connectivity index (χ2n) is 6.10. The summed E-state index contributed by atoms with van der Waals surface area (Å²) >= 11 is 12.4. The highest BCUT2D eigenvalue weighted by atomic mass is 35.5. The maximum absolute atomic E-state index is 14.1. The quantitative estimate of drug-likeness (QED) is 0.710. The van der Waals surface area contributed by atoms with Crippen molar-refractivity contribution in [3.63, 3.8) is 0 Å². The molecule has 27 heavy (non-hydrogen) atoms. The van der Waals surface area contributed by atoms with E-state index in [9.17, 15) is 18.0 Å². The molecule has 1 unspecified atom stereocenters. The van der Waals surface area contributed by atoms with Gasteiger partial charge in [-0.1, -0.05) is 41.0 Å². The molecule has 0 saturated carbocycles. The number of hydrogen-bond donors (Lipinski definition) is 1. The topological polar surface area (TPSA) is 55.4 Å². The molecule has 0 aromatic heterocycles. The van der Waals surface area contributed by atoms with Crippen molar-refractivity contribution in [2.75, 3.05) is 6.54 Å². The number of benzene rings is 2. The van der Waals surface area contributed by atoms with Gasteiger partial charge in [0.25, 0.3) is 0 Å². The third-order valence-corrected chi connectivity index (χ3v) is 6.18. The number of rotatable bonds is 3. The van der Waals surface area contributed by atoms with Crippen molar-refractivity contribution in [2.24, 2.45) is 10.7 Å². The molecule has 1 amide bonds. The number of primary amides is 1. The van der Waals surface area contributed by atoms with E-state index in [0.717, 1.165) is 0 Å². The lowest BCUT2D eigenvalue weighted by Gasteiger charge is -2.30. The SMILES string of the molecule is Cc1cc(C2=NCC(c3cc(Cl)cc(Cl)c3)(C(F)(F)F)S2)ccc1C(N)=O. The number of carbonyl (C=O) groups excluding carboxylic acids is 1. The Morgan fingerprint density at radius 3 is 2.33 bits per heavy atom. The van der Waals surface area contributed by atoms with Gasteiger partial charge < -0.3 is 5.73 Å². The maximum Gasteiger partial charge on any atom is 0.409 e. The molecule has 0 fully saturated rings. The van der Waals surface area contributed by atoms with E-state index in [2.05, 4.69) is 4.99 Å². The van der Waals surface area contributed by atoms with Crippen LogP contribution in [0.15, 0.2) is 41.4 Å². The summed E-state index contributed by atoms with van der Waals surface area (Å²) < 4.78 is 39.9. The van der Waals surface area contributed by atoms with Crippen LogP contribution < -0.4 is 5.73 Å². The molecule has 0 aliphatic carbocycles. The summed E-state index contributed by atoms with van der Waals surface area (Å²) in [4.78, 5) is 15.5. The summed E-state index contributed by atoms with van der Waals surface area (Å²) in [5, 5.41) is 0.469. The van der Waals surface area contributed by atoms with Gasteiger partial charge in [0.05, 0.1) is 11.6 Å². The van der Waals surface area contributed by atoms with Gasteiger partial charge in [0.1, 0.15) is 0 Å². The number of aliphatic imine (C=N–C) groups is 1. The molecule has 0 saturated heterocycles. The molecule has 3 rings (SSSR count). The molecular weight excluding hydrogens is 420 g/mol. The molecule has 0 radical (unpaired) electrons. The molecule has 9 heteroatoms. The van der Waals surface area contributed by atoms with Crippen molar-refractivity contribution in [1.82, 2.24) is 0 Å². The summed E-state index contributed by atoms with van der Waals surface area (Å²) in [5.74, 6) is -0.599. The molecule has 1 aliphatic rings. The van der Waals surface area contributed by atoms with Crippen LogP contribution in [0.5, 0.6) is 0 Å². The van der Waals surface area contributed by atoms with Crippen molar-refractivity contribution in [1.29, 1.82) is 0 Å². The number of carbonyl (C=O) groups is 1. The predicted octanol–water partition coefficient (Wildman–Crippen LogP) is 5.35. The Kier molecular flexibility index (Phi) is 5.22. The van der Waals surface area contributed by atoms with Crippen LogP contribution in [0.3, 0.4) is 0 Å². The molecule has 2 aromatic carbocycles. The zero-order valence-corrected chi connectivity index (χ0v) is 16.2. The van der Waals surface area contributed by atoms with Crippen molar-refractivity contribution in [2.45, 2.75) is 17.8 Å². The van der Waals surface area contributed by atoms with E-state index in [1.807, 2.05) is 0 Å². The molecule has 2 aromatic rings. The van der Waals surface area contributed by atoms with Crippen molar-refractivity contribution < 1.29 is 18.0 Å². The van der Waals surface area contributed by atoms with E-state index < -0.39 is 23.4 Å². The van der Waals surface area contributed by atoms with Gasteiger partial charge in [-0.05, 0) is 48.4 Å². The number of thioether (sulfide) groups is 1. The number of amides is 1. The summed E-state index contributed by atoms with van der Waals surface area (Å²) in [6, 6.07) is 8.52. The Hall–Kier alpha value is -1.70. The number of hydrogen-bond acceptors (Lipinski definition) is 3. The fourth-order valence-electron chi connectivity index (χ4n) is 2.88. The number of halogens is 5. The molecular formula is C18H13Cl2F3N2OS. The predicted molar refractivity (Wildman–Crippen MR) is 103 cm³/mol. The minimum absolute atomic E-state index is 0.0540. The molecule has 3 nitrogen and oxygen atoms in total. The van der Waals surface area contributed by atoms with Crippen LogP contribution >= 0.6 is 35.0 Å². The van der Waals surface area contributed by atoms with Gasteiger partial charge >= 0.3 is 6.18 Å². The van der Waals surface area contributed by atoms with Crippen LogP contribution in [-0.4, -0.2) is 23.7 Å². The van der Waals surface area contributed by atoms with Crippen LogP contribution in [0.1, 0.15) is 27.0 Å². The lowest BCUT2D eigenvalue weighted by atomic mass is 9.97. The van der Waals surface area contributed by atoms with E-state index in [1.54, 1.807) is 13.0 Å². The highest BCUT2D eigenvalue weighted by molar-refractivity contribution is 8.15. The smallest absolute Gasteiger partial charge is 0.366 e. The lowest BCUT2D eigenvalue weighted by molar-refractivity contribution is -0.158. The van der Waals surface area contributed by atoms with Gasteiger partial charge in [-0.25, -0.2) is 0 Å². The average molecular weight is 433 g/mol. The Balaban J connectivity index is 2.02. The Bertz CT molecular complexity index is 942. The van der Waals surface area contributed by atoms with Crippen LogP contribution in [-0.2, 0) is 4.75 Å². The zero-order chi connectivity index (χ0) is 20.0. The second kappa shape index (κ2) is 7.04. The zero-order valence-electron chi connectivity index (χ0n) is 13.9. The first-order chi connectivity index (χ1) is 12.5. The fraction of sp³-hybridized carbons (Fsp3) is 0.222. The first kappa shape index (κ1) is 20.0. The van der Waals surface area contributed by atoms with Crippen LogP contribution in [0.25, 0.3) is 0 Å². The van der Waals surface area contributed by atoms with Crippen LogP contribution in [0.4, 0.5) is 13.2 Å². The van der Waals surface area contributed by atoms with Crippen LogP contribution in [0.2, 0.25) is 10.0 Å². The van der Waals surface area contributed by atoms with Gasteiger partial charge in [-0.15, -0.1) is 0 Å². The summed E-state index contributed by atoms with van der Waals surface area (Å²) in [7, 11) is 0. The van der Waals surface area contributed by atoms with E-state index in [1.165, 1.54) is 30.3 Å².